The first-order chi connectivity index (χ1) is 6.27. The summed E-state index contributed by atoms with van der Waals surface area (Å²) in [5.74, 6) is 0.0866. The van der Waals surface area contributed by atoms with Crippen molar-refractivity contribution in [1.82, 2.24) is 0 Å². The van der Waals surface area contributed by atoms with Gasteiger partial charge in [0, 0.05) is 11.6 Å². The normalized spacial score (nSPS) is 27.8. The van der Waals surface area contributed by atoms with Crippen molar-refractivity contribution >= 4 is 5.69 Å². The van der Waals surface area contributed by atoms with E-state index in [0.29, 0.717) is 6.42 Å². The van der Waals surface area contributed by atoms with Crippen LogP contribution < -0.4 is 5.73 Å². The van der Waals surface area contributed by atoms with Gasteiger partial charge in [-0.15, -0.1) is 0 Å². The first-order valence-corrected chi connectivity index (χ1v) is 4.77. The van der Waals surface area contributed by atoms with Gasteiger partial charge in [-0.2, -0.15) is 0 Å². The molecular weight excluding hydrogens is 165 g/mol. The lowest BCUT2D eigenvalue weighted by Crippen LogP contribution is -2.06. The Morgan fingerprint density at radius 2 is 2.15 bits per heavy atom. The second-order valence-corrected chi connectivity index (χ2v) is 3.72. The van der Waals surface area contributed by atoms with E-state index in [0.717, 1.165) is 24.1 Å². The summed E-state index contributed by atoms with van der Waals surface area (Å²) in [7, 11) is 0. The number of alkyl halides is 1. The molecule has 1 aliphatic rings. The Bertz CT molecular complexity index is 298. The molecule has 0 amide bonds. The topological polar surface area (TPSA) is 26.0 Å². The average molecular weight is 179 g/mol. The van der Waals surface area contributed by atoms with E-state index in [9.17, 15) is 4.39 Å². The number of benzene rings is 1. The highest BCUT2D eigenvalue weighted by Crippen LogP contribution is 2.36. The van der Waals surface area contributed by atoms with Gasteiger partial charge in [-0.3, -0.25) is 0 Å². The van der Waals surface area contributed by atoms with E-state index in [2.05, 4.69) is 0 Å². The first kappa shape index (κ1) is 8.54. The van der Waals surface area contributed by atoms with E-state index in [-0.39, 0.29) is 5.92 Å². The van der Waals surface area contributed by atoms with Crippen LogP contribution in [0.4, 0.5) is 10.1 Å². The Morgan fingerprint density at radius 3 is 2.77 bits per heavy atom. The standard InChI is InChI=1S/C11H14FN/c12-11-6-2-5-10(11)8-3-1-4-9(13)7-8/h1,3-4,7,10-11H,2,5-6,13H2. The van der Waals surface area contributed by atoms with Crippen LogP contribution >= 0.6 is 0 Å². The largest absolute Gasteiger partial charge is 0.399 e. The van der Waals surface area contributed by atoms with Gasteiger partial charge in [0.05, 0.1) is 0 Å². The van der Waals surface area contributed by atoms with Crippen LogP contribution in [0.5, 0.6) is 0 Å². The number of nitrogens with two attached hydrogens (primary N) is 1. The number of anilines is 1. The predicted octanol–water partition coefficient (Wildman–Crippen LogP) is 2.87. The molecule has 13 heavy (non-hydrogen) atoms. The van der Waals surface area contributed by atoms with Crippen molar-refractivity contribution in [3.63, 3.8) is 0 Å². The molecular formula is C11H14FN. The zero-order valence-corrected chi connectivity index (χ0v) is 7.54. The third kappa shape index (κ3) is 1.67. The third-order valence-electron chi connectivity index (χ3n) is 2.77. The summed E-state index contributed by atoms with van der Waals surface area (Å²) in [5, 5.41) is 0. The Morgan fingerprint density at radius 1 is 1.31 bits per heavy atom. The maximum Gasteiger partial charge on any atom is 0.107 e. The molecule has 1 aromatic carbocycles. The lowest BCUT2D eigenvalue weighted by atomic mass is 9.96. The molecule has 2 unspecified atom stereocenters. The zero-order chi connectivity index (χ0) is 9.26. The summed E-state index contributed by atoms with van der Waals surface area (Å²) in [6.07, 6.45) is 2.01. The maximum atomic E-state index is 13.4. The lowest BCUT2D eigenvalue weighted by molar-refractivity contribution is 0.312. The quantitative estimate of drug-likeness (QED) is 0.659. The highest BCUT2D eigenvalue weighted by atomic mass is 19.1. The third-order valence-corrected chi connectivity index (χ3v) is 2.77. The molecule has 0 spiro atoms. The fraction of sp³-hybridized carbons (Fsp3) is 0.455. The number of rotatable bonds is 1. The molecule has 1 saturated carbocycles. The van der Waals surface area contributed by atoms with Gasteiger partial charge >= 0.3 is 0 Å². The predicted molar refractivity (Wildman–Crippen MR) is 52.3 cm³/mol. The van der Waals surface area contributed by atoms with E-state index in [4.69, 9.17) is 5.73 Å². The fourth-order valence-corrected chi connectivity index (χ4v) is 2.08. The summed E-state index contributed by atoms with van der Waals surface area (Å²) in [6.45, 7) is 0. The van der Waals surface area contributed by atoms with Crippen LogP contribution in [0.15, 0.2) is 24.3 Å². The van der Waals surface area contributed by atoms with Crippen molar-refractivity contribution < 1.29 is 4.39 Å². The number of hydrogen-bond acceptors (Lipinski definition) is 1. The monoisotopic (exact) mass is 179 g/mol. The molecule has 0 aliphatic heterocycles. The number of nitrogen functional groups attached to an aromatic ring is 1. The maximum absolute atomic E-state index is 13.4. The summed E-state index contributed by atoms with van der Waals surface area (Å²) >= 11 is 0. The minimum atomic E-state index is -0.665. The highest BCUT2D eigenvalue weighted by Gasteiger charge is 2.28. The molecule has 2 rings (SSSR count). The zero-order valence-electron chi connectivity index (χ0n) is 7.54. The molecule has 0 radical (unpaired) electrons. The van der Waals surface area contributed by atoms with Crippen LogP contribution in [0.25, 0.3) is 0 Å². The van der Waals surface area contributed by atoms with E-state index in [1.54, 1.807) is 0 Å². The highest BCUT2D eigenvalue weighted by molar-refractivity contribution is 5.42. The van der Waals surface area contributed by atoms with Crippen LogP contribution in [0.3, 0.4) is 0 Å². The summed E-state index contributed by atoms with van der Waals surface area (Å²) in [5.41, 5.74) is 7.44. The van der Waals surface area contributed by atoms with Crippen molar-refractivity contribution in [2.45, 2.75) is 31.4 Å². The summed E-state index contributed by atoms with van der Waals surface area (Å²) in [6, 6.07) is 7.60. The molecule has 2 N–H and O–H groups in total. The molecule has 1 aromatic rings. The molecule has 1 fully saturated rings. The number of hydrogen-bond donors (Lipinski definition) is 1. The van der Waals surface area contributed by atoms with Crippen molar-refractivity contribution in [2.24, 2.45) is 0 Å². The second-order valence-electron chi connectivity index (χ2n) is 3.72. The molecule has 2 atom stereocenters. The minimum Gasteiger partial charge on any atom is -0.399 e. The second kappa shape index (κ2) is 3.36. The van der Waals surface area contributed by atoms with Crippen LogP contribution in [0, 0.1) is 0 Å². The Kier molecular flexibility index (Phi) is 2.21. The van der Waals surface area contributed by atoms with Crippen LogP contribution in [0.1, 0.15) is 30.7 Å². The summed E-state index contributed by atoms with van der Waals surface area (Å²) < 4.78 is 13.4. The van der Waals surface area contributed by atoms with Crippen LogP contribution in [0.2, 0.25) is 0 Å². The fourth-order valence-electron chi connectivity index (χ4n) is 2.08. The van der Waals surface area contributed by atoms with Crippen LogP contribution in [-0.2, 0) is 0 Å². The van der Waals surface area contributed by atoms with Gasteiger partial charge in [-0.25, -0.2) is 4.39 Å². The van der Waals surface area contributed by atoms with Gasteiger partial charge in [0.1, 0.15) is 6.17 Å². The lowest BCUT2D eigenvalue weighted by Gasteiger charge is -2.12. The average Bonchev–Trinajstić information content (AvgIpc) is 2.51. The minimum absolute atomic E-state index is 0.0866. The van der Waals surface area contributed by atoms with Gasteiger partial charge in [-0.1, -0.05) is 12.1 Å². The smallest absolute Gasteiger partial charge is 0.107 e. The Hall–Kier alpha value is -1.05. The van der Waals surface area contributed by atoms with Gasteiger partial charge < -0.3 is 5.73 Å². The van der Waals surface area contributed by atoms with E-state index < -0.39 is 6.17 Å². The molecule has 1 nitrogen and oxygen atoms in total. The van der Waals surface area contributed by atoms with E-state index >= 15 is 0 Å². The number of halogens is 1. The van der Waals surface area contributed by atoms with Crippen molar-refractivity contribution in [3.8, 4) is 0 Å². The molecule has 0 bridgehead atoms. The van der Waals surface area contributed by atoms with Gasteiger partial charge in [-0.05, 0) is 37.0 Å². The van der Waals surface area contributed by atoms with Crippen LogP contribution in [-0.4, -0.2) is 6.17 Å². The molecule has 1 aliphatic carbocycles. The van der Waals surface area contributed by atoms with E-state index in [1.807, 2.05) is 24.3 Å². The van der Waals surface area contributed by atoms with Crippen molar-refractivity contribution in [2.75, 3.05) is 5.73 Å². The molecule has 0 aromatic heterocycles. The van der Waals surface area contributed by atoms with Gasteiger partial charge in [0.2, 0.25) is 0 Å². The Balaban J connectivity index is 2.24. The van der Waals surface area contributed by atoms with Gasteiger partial charge in [0.25, 0.3) is 0 Å². The molecule has 0 saturated heterocycles. The SMILES string of the molecule is Nc1cccc(C2CCCC2F)c1. The van der Waals surface area contributed by atoms with Crippen molar-refractivity contribution in [3.05, 3.63) is 29.8 Å². The van der Waals surface area contributed by atoms with Gasteiger partial charge in [0.15, 0.2) is 0 Å². The first-order valence-electron chi connectivity index (χ1n) is 4.77. The van der Waals surface area contributed by atoms with E-state index in [1.165, 1.54) is 0 Å². The summed E-state index contributed by atoms with van der Waals surface area (Å²) in [4.78, 5) is 0. The Labute approximate surface area is 77.8 Å². The molecule has 0 heterocycles. The molecule has 70 valence electrons. The van der Waals surface area contributed by atoms with Crippen molar-refractivity contribution in [1.29, 1.82) is 0 Å². The molecule has 2 heteroatoms.